The predicted molar refractivity (Wildman–Crippen MR) is 138 cm³/mol. The molecule has 0 radical (unpaired) electrons. The third-order valence-electron chi connectivity index (χ3n) is 6.06. The van der Waals surface area contributed by atoms with Crippen molar-refractivity contribution in [3.63, 3.8) is 0 Å². The van der Waals surface area contributed by atoms with Gasteiger partial charge in [0, 0.05) is 36.6 Å². The van der Waals surface area contributed by atoms with Crippen LogP contribution in [0.2, 0.25) is 0 Å². The van der Waals surface area contributed by atoms with E-state index in [1.807, 2.05) is 53.2 Å². The van der Waals surface area contributed by atoms with E-state index in [0.717, 1.165) is 36.6 Å². The summed E-state index contributed by atoms with van der Waals surface area (Å²) in [6.07, 6.45) is 4.33. The summed E-state index contributed by atoms with van der Waals surface area (Å²) in [7, 11) is 0. The van der Waals surface area contributed by atoms with Gasteiger partial charge in [-0.25, -0.2) is 27.8 Å². The number of rotatable bonds is 4. The fourth-order valence-electron chi connectivity index (χ4n) is 4.31. The van der Waals surface area contributed by atoms with Gasteiger partial charge in [-0.05, 0) is 43.7 Å². The first kappa shape index (κ1) is 22.7. The Bertz CT molecular complexity index is 1180. The van der Waals surface area contributed by atoms with Crippen LogP contribution in [0.5, 0.6) is 0 Å². The normalized spacial score (nSPS) is 17.9. The van der Waals surface area contributed by atoms with Gasteiger partial charge in [-0.1, -0.05) is 0 Å². The van der Waals surface area contributed by atoms with E-state index in [9.17, 15) is 4.79 Å². The second kappa shape index (κ2) is 9.66. The topological polar surface area (TPSA) is 114 Å². The minimum atomic E-state index is -0.523. The number of amides is 2. The van der Waals surface area contributed by atoms with Crippen LogP contribution < -0.4 is 18.6 Å². The number of anilines is 3. The van der Waals surface area contributed by atoms with Crippen molar-refractivity contribution in [1.82, 2.24) is 19.9 Å². The van der Waals surface area contributed by atoms with E-state index in [2.05, 4.69) is 26.7 Å². The van der Waals surface area contributed by atoms with E-state index in [1.165, 1.54) is 8.68 Å². The maximum atomic E-state index is 11.5. The average Bonchev–Trinajstić information content (AvgIpc) is 2.88. The summed E-state index contributed by atoms with van der Waals surface area (Å²) in [4.78, 5) is 34.8. The van der Waals surface area contributed by atoms with Crippen LogP contribution in [0.1, 0.15) is 18.2 Å². The molecule has 0 spiro atoms. The SMILES string of the molecule is CC1COCCN1c1nc(-c2ccc(N(I)C(N)=O)cc2)nc2c1CCN(c1ncccn1)C2. The van der Waals surface area contributed by atoms with E-state index >= 15 is 0 Å². The lowest BCUT2D eigenvalue weighted by Gasteiger charge is -2.37. The number of carbonyl (C=O) groups is 1. The van der Waals surface area contributed by atoms with E-state index in [-0.39, 0.29) is 6.04 Å². The molecule has 3 aromatic rings. The maximum absolute atomic E-state index is 11.5. The third kappa shape index (κ3) is 4.49. The van der Waals surface area contributed by atoms with Crippen LogP contribution in [0.3, 0.4) is 0 Å². The molecule has 1 saturated heterocycles. The first-order valence-corrected chi connectivity index (χ1v) is 12.1. The molecule has 4 heterocycles. The molecule has 2 aliphatic heterocycles. The molecule has 2 N–H and O–H groups in total. The smallest absolute Gasteiger partial charge is 0.328 e. The summed E-state index contributed by atoms with van der Waals surface area (Å²) in [6.45, 7) is 5.71. The Morgan fingerprint density at radius 1 is 1.18 bits per heavy atom. The number of nitrogens with zero attached hydrogens (tertiary/aromatic N) is 7. The lowest BCUT2D eigenvalue weighted by atomic mass is 10.0. The van der Waals surface area contributed by atoms with Crippen LogP contribution in [0.4, 0.5) is 22.2 Å². The molecule has 0 bridgehead atoms. The van der Waals surface area contributed by atoms with Crippen LogP contribution >= 0.6 is 22.9 Å². The molecule has 0 saturated carbocycles. The lowest BCUT2D eigenvalue weighted by Crippen LogP contribution is -2.45. The van der Waals surface area contributed by atoms with Gasteiger partial charge in [0.1, 0.15) is 5.82 Å². The number of carbonyl (C=O) groups excluding carboxylic acids is 1. The number of ether oxygens (including phenoxy) is 1. The second-order valence-corrected chi connectivity index (χ2v) is 9.26. The van der Waals surface area contributed by atoms with Crippen molar-refractivity contribution < 1.29 is 9.53 Å². The summed E-state index contributed by atoms with van der Waals surface area (Å²) < 4.78 is 7.04. The minimum Gasteiger partial charge on any atom is -0.377 e. The van der Waals surface area contributed by atoms with Crippen molar-refractivity contribution in [1.29, 1.82) is 0 Å². The number of nitrogens with two attached hydrogens (primary N) is 1. The number of aromatic nitrogens is 4. The van der Waals surface area contributed by atoms with Gasteiger partial charge in [-0.3, -0.25) is 0 Å². The minimum absolute atomic E-state index is 0.224. The standard InChI is InChI=1S/C23H25IN8O2/c1-15-14-34-12-11-31(15)21-18-7-10-30(23-26-8-2-9-27-23)13-19(18)28-20(29-21)16-3-5-17(6-4-16)32(24)22(25)33/h2-6,8-9,15H,7,10-14H2,1H3,(H2,25,33). The van der Waals surface area contributed by atoms with Crippen LogP contribution in [0.25, 0.3) is 11.4 Å². The van der Waals surface area contributed by atoms with Crippen LogP contribution in [-0.2, 0) is 17.7 Å². The number of hydrogen-bond donors (Lipinski definition) is 1. The highest BCUT2D eigenvalue weighted by atomic mass is 127. The Balaban J connectivity index is 1.55. The Morgan fingerprint density at radius 3 is 2.65 bits per heavy atom. The molecule has 1 unspecified atom stereocenters. The first-order chi connectivity index (χ1) is 16.5. The highest BCUT2D eigenvalue weighted by Gasteiger charge is 2.29. The first-order valence-electron chi connectivity index (χ1n) is 11.1. The van der Waals surface area contributed by atoms with Gasteiger partial charge in [-0.2, -0.15) is 0 Å². The van der Waals surface area contributed by atoms with Crippen LogP contribution in [0, 0.1) is 0 Å². The molecule has 10 nitrogen and oxygen atoms in total. The number of fused-ring (bicyclic) bond motifs is 1. The molecule has 2 amide bonds. The van der Waals surface area contributed by atoms with Crippen molar-refractivity contribution in [2.45, 2.75) is 25.9 Å². The van der Waals surface area contributed by atoms with Gasteiger partial charge in [0.15, 0.2) is 5.82 Å². The zero-order valence-corrected chi connectivity index (χ0v) is 20.9. The quantitative estimate of drug-likeness (QED) is 0.375. The lowest BCUT2D eigenvalue weighted by molar-refractivity contribution is 0.0984. The van der Waals surface area contributed by atoms with Gasteiger partial charge < -0.3 is 20.3 Å². The van der Waals surface area contributed by atoms with E-state index < -0.39 is 6.03 Å². The summed E-state index contributed by atoms with van der Waals surface area (Å²) >= 11 is 1.89. The van der Waals surface area contributed by atoms with Crippen molar-refractivity contribution >= 4 is 46.3 Å². The van der Waals surface area contributed by atoms with Crippen molar-refractivity contribution in [2.75, 3.05) is 39.2 Å². The summed E-state index contributed by atoms with van der Waals surface area (Å²) in [5.41, 5.74) is 9.12. The molecular formula is C23H25IN8O2. The number of hydrogen-bond acceptors (Lipinski definition) is 8. The maximum Gasteiger partial charge on any atom is 0.328 e. The molecule has 11 heteroatoms. The molecule has 5 rings (SSSR count). The van der Waals surface area contributed by atoms with Crippen molar-refractivity contribution in [2.24, 2.45) is 5.73 Å². The van der Waals surface area contributed by atoms with Gasteiger partial charge >= 0.3 is 6.03 Å². The highest BCUT2D eigenvalue weighted by molar-refractivity contribution is 14.1. The van der Waals surface area contributed by atoms with Gasteiger partial charge in [0.2, 0.25) is 5.95 Å². The monoisotopic (exact) mass is 572 g/mol. The average molecular weight is 572 g/mol. The molecule has 1 fully saturated rings. The van der Waals surface area contributed by atoms with Crippen LogP contribution in [-0.4, -0.2) is 58.3 Å². The highest BCUT2D eigenvalue weighted by Crippen LogP contribution is 2.32. The van der Waals surface area contributed by atoms with Gasteiger partial charge in [0.05, 0.1) is 60.0 Å². The zero-order chi connectivity index (χ0) is 23.7. The fourth-order valence-corrected chi connectivity index (χ4v) is 4.63. The molecule has 2 aromatic heterocycles. The molecule has 1 aromatic carbocycles. The van der Waals surface area contributed by atoms with E-state index in [1.54, 1.807) is 12.4 Å². The van der Waals surface area contributed by atoms with Crippen molar-refractivity contribution in [3.05, 3.63) is 54.0 Å². The van der Waals surface area contributed by atoms with Gasteiger partial charge in [0.25, 0.3) is 0 Å². The Morgan fingerprint density at radius 2 is 1.94 bits per heavy atom. The zero-order valence-electron chi connectivity index (χ0n) is 18.8. The van der Waals surface area contributed by atoms with Gasteiger partial charge in [-0.15, -0.1) is 0 Å². The molecule has 176 valence electrons. The summed E-state index contributed by atoms with van der Waals surface area (Å²) in [6, 6.07) is 9.04. The van der Waals surface area contributed by atoms with E-state index in [4.69, 9.17) is 20.4 Å². The molecule has 34 heavy (non-hydrogen) atoms. The number of halogens is 1. The predicted octanol–water partition coefficient (Wildman–Crippen LogP) is 2.96. The van der Waals surface area contributed by atoms with Crippen molar-refractivity contribution in [3.8, 4) is 11.4 Å². The summed E-state index contributed by atoms with van der Waals surface area (Å²) in [5, 5.41) is 0. The summed E-state index contributed by atoms with van der Waals surface area (Å²) in [5.74, 6) is 2.32. The molecule has 0 aliphatic carbocycles. The van der Waals surface area contributed by atoms with Crippen LogP contribution in [0.15, 0.2) is 42.7 Å². The van der Waals surface area contributed by atoms with E-state index in [0.29, 0.717) is 37.2 Å². The third-order valence-corrected chi connectivity index (χ3v) is 7.10. The Hall–Kier alpha value is -3.06. The molecular weight excluding hydrogens is 547 g/mol. The fraction of sp³-hybridized carbons (Fsp3) is 0.348. The molecule has 2 aliphatic rings. The number of primary amides is 1. The number of urea groups is 1. The Kier molecular flexibility index (Phi) is 6.46. The molecule has 1 atom stereocenters. The Labute approximate surface area is 211 Å². The number of morpholine rings is 1. The second-order valence-electron chi connectivity index (χ2n) is 8.30. The number of benzene rings is 1. The largest absolute Gasteiger partial charge is 0.377 e.